The lowest BCUT2D eigenvalue weighted by atomic mass is 9.85. The fourth-order valence-electron chi connectivity index (χ4n) is 4.75. The monoisotopic (exact) mass is 447 g/mol. The number of nitrogen functional groups attached to an aromatic ring is 1. The number of carbonyl (C=O) groups is 2. The summed E-state index contributed by atoms with van der Waals surface area (Å²) < 4.78 is 12.7. The van der Waals surface area contributed by atoms with Gasteiger partial charge in [0.15, 0.2) is 0 Å². The fraction of sp³-hybridized carbons (Fsp3) is 0.360. The van der Waals surface area contributed by atoms with E-state index in [0.717, 1.165) is 22.9 Å². The Kier molecular flexibility index (Phi) is 4.96. The van der Waals surface area contributed by atoms with Crippen molar-refractivity contribution in [3.05, 3.63) is 57.4 Å². The predicted octanol–water partition coefficient (Wildman–Crippen LogP) is 3.40. The Bertz CT molecular complexity index is 1380. The van der Waals surface area contributed by atoms with E-state index >= 15 is 0 Å². The molecule has 1 aromatic carbocycles. The average Bonchev–Trinajstić information content (AvgIpc) is 3.17. The third kappa shape index (κ3) is 3.12. The van der Waals surface area contributed by atoms with Gasteiger partial charge in [-0.3, -0.25) is 9.59 Å². The summed E-state index contributed by atoms with van der Waals surface area (Å²) in [6.07, 6.45) is 1.84. The number of fused-ring (bicyclic) bond motifs is 5. The highest BCUT2D eigenvalue weighted by atomic mass is 16.6. The molecule has 3 aromatic rings. The third-order valence-electron chi connectivity index (χ3n) is 6.58. The highest BCUT2D eigenvalue weighted by Crippen LogP contribution is 2.41. The van der Waals surface area contributed by atoms with E-state index in [2.05, 4.69) is 0 Å². The van der Waals surface area contributed by atoms with Crippen molar-refractivity contribution in [1.29, 1.82) is 0 Å². The Morgan fingerprint density at radius 2 is 2.09 bits per heavy atom. The number of ether oxygens (including phenoxy) is 2. The number of benzene rings is 1. The number of cyclic esters (lactones) is 1. The van der Waals surface area contributed by atoms with Crippen LogP contribution in [0.3, 0.4) is 0 Å². The number of aromatic nitrogens is 2. The predicted molar refractivity (Wildman–Crippen MR) is 122 cm³/mol. The molecular weight excluding hydrogens is 422 g/mol. The zero-order valence-corrected chi connectivity index (χ0v) is 18.6. The second kappa shape index (κ2) is 7.72. The molecule has 5 rings (SSSR count). The summed E-state index contributed by atoms with van der Waals surface area (Å²) in [5.41, 5.74) is 8.40. The topological polar surface area (TPSA) is 114 Å². The summed E-state index contributed by atoms with van der Waals surface area (Å²) in [5.74, 6) is -1.13. The van der Waals surface area contributed by atoms with Crippen molar-refractivity contribution in [1.82, 2.24) is 9.55 Å². The van der Waals surface area contributed by atoms with Crippen LogP contribution in [0.2, 0.25) is 0 Å². The fourth-order valence-corrected chi connectivity index (χ4v) is 4.75. The number of unbranched alkanes of at least 4 members (excludes halogenated alkanes) is 1. The quantitative estimate of drug-likeness (QED) is 0.368. The van der Waals surface area contributed by atoms with Crippen LogP contribution in [0.1, 0.15) is 56.2 Å². The average molecular weight is 447 g/mol. The van der Waals surface area contributed by atoms with E-state index in [1.165, 1.54) is 0 Å². The van der Waals surface area contributed by atoms with E-state index in [1.807, 2.05) is 31.2 Å². The minimum Gasteiger partial charge on any atom is -0.457 e. The Morgan fingerprint density at radius 3 is 2.85 bits per heavy atom. The van der Waals surface area contributed by atoms with Crippen LogP contribution in [-0.2, 0) is 37.8 Å². The van der Waals surface area contributed by atoms with E-state index in [-0.39, 0.29) is 25.0 Å². The number of rotatable bonds is 5. The molecule has 0 saturated heterocycles. The first-order valence-electron chi connectivity index (χ1n) is 11.2. The van der Waals surface area contributed by atoms with Crippen molar-refractivity contribution in [2.45, 2.75) is 58.3 Å². The van der Waals surface area contributed by atoms with Gasteiger partial charge in [-0.1, -0.05) is 26.3 Å². The first-order chi connectivity index (χ1) is 15.9. The molecule has 2 N–H and O–H groups in total. The van der Waals surface area contributed by atoms with E-state index < -0.39 is 17.5 Å². The van der Waals surface area contributed by atoms with Crippen LogP contribution in [0, 0.1) is 0 Å². The first-order valence-corrected chi connectivity index (χ1v) is 11.2. The molecule has 0 unspecified atom stereocenters. The Hall–Kier alpha value is -3.68. The second-order valence-electron chi connectivity index (χ2n) is 8.56. The summed E-state index contributed by atoms with van der Waals surface area (Å²) in [4.78, 5) is 43.8. The van der Waals surface area contributed by atoms with Crippen LogP contribution < -0.4 is 11.3 Å². The number of nitrogens with zero attached hydrogens (tertiary/aromatic N) is 2. The molecule has 0 amide bonds. The molecule has 2 aliphatic heterocycles. The van der Waals surface area contributed by atoms with Crippen molar-refractivity contribution in [3.8, 4) is 11.4 Å². The number of hydrogen-bond donors (Lipinski definition) is 1. The first kappa shape index (κ1) is 21.2. The van der Waals surface area contributed by atoms with Gasteiger partial charge in [0, 0.05) is 28.6 Å². The van der Waals surface area contributed by atoms with Crippen molar-refractivity contribution in [2.24, 2.45) is 0 Å². The molecule has 170 valence electrons. The van der Waals surface area contributed by atoms with Crippen LogP contribution in [-0.4, -0.2) is 21.5 Å². The number of anilines is 1. The molecular formula is C25H25N3O5. The SMILES string of the molecule is CCCCC(=O)O[C@]1(CC)C(=O)OCc2c1cc1n(c2=O)Cc2cc3c(N)cccc3nc2-1. The molecule has 4 heterocycles. The molecule has 0 aliphatic carbocycles. The molecule has 0 spiro atoms. The lowest BCUT2D eigenvalue weighted by molar-refractivity contribution is -0.189. The van der Waals surface area contributed by atoms with Gasteiger partial charge >= 0.3 is 11.9 Å². The van der Waals surface area contributed by atoms with Gasteiger partial charge in [0.1, 0.15) is 6.61 Å². The summed E-state index contributed by atoms with van der Waals surface area (Å²) >= 11 is 0. The molecule has 33 heavy (non-hydrogen) atoms. The van der Waals surface area contributed by atoms with Crippen molar-refractivity contribution in [3.63, 3.8) is 0 Å². The normalized spacial score (nSPS) is 18.4. The maximum absolute atomic E-state index is 13.5. The Balaban J connectivity index is 1.69. The van der Waals surface area contributed by atoms with Crippen molar-refractivity contribution < 1.29 is 19.1 Å². The summed E-state index contributed by atoms with van der Waals surface area (Å²) in [7, 11) is 0. The van der Waals surface area contributed by atoms with E-state index in [4.69, 9.17) is 20.2 Å². The molecule has 0 fully saturated rings. The number of nitrogens with two attached hydrogens (primary N) is 1. The second-order valence-corrected chi connectivity index (χ2v) is 8.56. The molecule has 0 radical (unpaired) electrons. The lowest BCUT2D eigenvalue weighted by Crippen LogP contribution is -2.47. The van der Waals surface area contributed by atoms with Gasteiger partial charge in [0.2, 0.25) is 5.60 Å². The number of carbonyl (C=O) groups excluding carboxylic acids is 2. The Labute approximate surface area is 190 Å². The zero-order valence-electron chi connectivity index (χ0n) is 18.6. The maximum atomic E-state index is 13.5. The molecule has 0 saturated carbocycles. The summed E-state index contributed by atoms with van der Waals surface area (Å²) in [5, 5.41) is 0.827. The summed E-state index contributed by atoms with van der Waals surface area (Å²) in [6, 6.07) is 9.24. The summed E-state index contributed by atoms with van der Waals surface area (Å²) in [6.45, 7) is 3.91. The highest BCUT2D eigenvalue weighted by molar-refractivity contribution is 5.93. The lowest BCUT2D eigenvalue weighted by Gasteiger charge is -2.35. The minimum absolute atomic E-state index is 0.153. The van der Waals surface area contributed by atoms with Crippen LogP contribution in [0.4, 0.5) is 5.69 Å². The van der Waals surface area contributed by atoms with Gasteiger partial charge in [0.25, 0.3) is 5.56 Å². The largest absolute Gasteiger partial charge is 0.457 e. The van der Waals surface area contributed by atoms with Gasteiger partial charge in [0.05, 0.1) is 29.0 Å². The van der Waals surface area contributed by atoms with Crippen LogP contribution in [0.5, 0.6) is 0 Å². The Morgan fingerprint density at radius 1 is 1.27 bits per heavy atom. The van der Waals surface area contributed by atoms with Gasteiger partial charge in [-0.05, 0) is 37.1 Å². The maximum Gasteiger partial charge on any atom is 0.355 e. The smallest absolute Gasteiger partial charge is 0.355 e. The number of hydrogen-bond acceptors (Lipinski definition) is 7. The molecule has 1 atom stereocenters. The third-order valence-corrected chi connectivity index (χ3v) is 6.58. The number of pyridine rings is 2. The van der Waals surface area contributed by atoms with Gasteiger partial charge in [-0.15, -0.1) is 0 Å². The zero-order chi connectivity index (χ0) is 23.3. The van der Waals surface area contributed by atoms with E-state index in [1.54, 1.807) is 17.6 Å². The van der Waals surface area contributed by atoms with E-state index in [0.29, 0.717) is 41.2 Å². The van der Waals surface area contributed by atoms with E-state index in [9.17, 15) is 14.4 Å². The van der Waals surface area contributed by atoms with Crippen molar-refractivity contribution >= 4 is 28.5 Å². The van der Waals surface area contributed by atoms with Crippen molar-refractivity contribution in [2.75, 3.05) is 5.73 Å². The molecule has 2 aliphatic rings. The molecule has 0 bridgehead atoms. The van der Waals surface area contributed by atoms with Crippen LogP contribution in [0.15, 0.2) is 35.1 Å². The molecule has 2 aromatic heterocycles. The minimum atomic E-state index is -1.64. The van der Waals surface area contributed by atoms with Gasteiger partial charge < -0.3 is 19.8 Å². The number of esters is 2. The van der Waals surface area contributed by atoms with Crippen LogP contribution >= 0.6 is 0 Å². The van der Waals surface area contributed by atoms with Gasteiger partial charge in [-0.2, -0.15) is 0 Å². The van der Waals surface area contributed by atoms with Crippen LogP contribution in [0.25, 0.3) is 22.3 Å². The molecule has 8 nitrogen and oxygen atoms in total. The van der Waals surface area contributed by atoms with Gasteiger partial charge in [-0.25, -0.2) is 9.78 Å². The highest BCUT2D eigenvalue weighted by Gasteiger charge is 2.50. The standard InChI is InChI=1S/C25H25N3O5/c1-3-5-9-21(29)33-25(4-2)17-11-20-22-14(10-15-18(26)7-6-8-19(15)27-22)12-28(20)23(30)16(17)13-32-24(25)31/h6-8,10-11H,3-5,9,12-13,26H2,1-2H3/t25-/m0/s1. The molecule has 8 heteroatoms.